The maximum atomic E-state index is 12.6. The molecule has 3 aliphatic heterocycles. The predicted octanol–water partition coefficient (Wildman–Crippen LogP) is 0.818. The summed E-state index contributed by atoms with van der Waals surface area (Å²) >= 11 is 0. The van der Waals surface area contributed by atoms with Crippen molar-refractivity contribution in [2.24, 2.45) is 0 Å². The fourth-order valence-corrected chi connectivity index (χ4v) is 4.55. The van der Waals surface area contributed by atoms with Gasteiger partial charge in [0.15, 0.2) is 0 Å². The summed E-state index contributed by atoms with van der Waals surface area (Å²) in [4.78, 5) is 39.6. The van der Waals surface area contributed by atoms with Gasteiger partial charge in [-0.15, -0.1) is 0 Å². The van der Waals surface area contributed by atoms with Gasteiger partial charge < -0.3 is 29.7 Å². The Bertz CT molecular complexity index is 644. The Balaban J connectivity index is 0.000000513. The summed E-state index contributed by atoms with van der Waals surface area (Å²) < 4.78 is 6.08. The summed E-state index contributed by atoms with van der Waals surface area (Å²) in [5.74, 6) is 0.118. The van der Waals surface area contributed by atoms with Gasteiger partial charge in [-0.2, -0.15) is 0 Å². The van der Waals surface area contributed by atoms with Crippen molar-refractivity contribution in [2.75, 3.05) is 52.4 Å². The molecule has 0 unspecified atom stereocenters. The molecule has 1 amide bonds. The van der Waals surface area contributed by atoms with E-state index in [9.17, 15) is 4.79 Å². The minimum absolute atomic E-state index is 0.118. The number of hydrogen-bond acceptors (Lipinski definition) is 6. The maximum absolute atomic E-state index is 12.6. The van der Waals surface area contributed by atoms with Gasteiger partial charge in [0.2, 0.25) is 0 Å². The fourth-order valence-electron chi connectivity index (χ4n) is 4.55. The van der Waals surface area contributed by atoms with Crippen LogP contribution in [-0.2, 0) is 14.3 Å². The van der Waals surface area contributed by atoms with Gasteiger partial charge in [0, 0.05) is 45.0 Å². The average molecular weight is 439 g/mol. The number of nitrogens with one attached hydrogen (secondary N) is 1. The maximum Gasteiger partial charge on any atom is 0.290 e. The molecule has 1 aromatic heterocycles. The number of nitrogens with zero attached hydrogens (tertiary/aromatic N) is 3. The van der Waals surface area contributed by atoms with E-state index in [0.717, 1.165) is 45.6 Å². The molecule has 0 aromatic carbocycles. The minimum Gasteiger partial charge on any atom is -0.483 e. The van der Waals surface area contributed by atoms with Crippen LogP contribution in [0.5, 0.6) is 0 Å². The van der Waals surface area contributed by atoms with E-state index in [4.69, 9.17) is 24.5 Å². The number of carboxylic acid groups (broad SMARTS) is 2. The second kappa shape index (κ2) is 13.8. The first kappa shape index (κ1) is 24.8. The number of fused-ring (bicyclic) bond motifs is 1. The molecule has 3 aliphatic rings. The van der Waals surface area contributed by atoms with Gasteiger partial charge in [0.1, 0.15) is 5.69 Å². The molecule has 0 bridgehead atoms. The number of likely N-dealkylation sites (tertiary alicyclic amines) is 2. The minimum atomic E-state index is -0.250. The van der Waals surface area contributed by atoms with E-state index in [0.29, 0.717) is 11.7 Å². The van der Waals surface area contributed by atoms with Gasteiger partial charge in [-0.05, 0) is 50.9 Å². The molecular formula is C21H34N4O6. The van der Waals surface area contributed by atoms with E-state index in [-0.39, 0.29) is 25.0 Å². The zero-order valence-corrected chi connectivity index (χ0v) is 17.9. The number of hydrogen-bond donors (Lipinski definition) is 3. The Labute approximate surface area is 182 Å². The Morgan fingerprint density at radius 3 is 2.39 bits per heavy atom. The van der Waals surface area contributed by atoms with Crippen LogP contribution in [0, 0.1) is 0 Å². The highest BCUT2D eigenvalue weighted by Gasteiger charge is 2.35. The van der Waals surface area contributed by atoms with Crippen molar-refractivity contribution in [1.29, 1.82) is 0 Å². The van der Waals surface area contributed by atoms with Crippen LogP contribution >= 0.6 is 0 Å². The van der Waals surface area contributed by atoms with Crippen molar-refractivity contribution in [1.82, 2.24) is 19.7 Å². The summed E-state index contributed by atoms with van der Waals surface area (Å²) in [5.41, 5.74) is 0.691. The number of morpholine rings is 1. The van der Waals surface area contributed by atoms with Crippen LogP contribution in [0.25, 0.3) is 0 Å². The molecule has 174 valence electrons. The fraction of sp³-hybridized carbons (Fsp3) is 0.667. The van der Waals surface area contributed by atoms with E-state index < -0.39 is 0 Å². The second-order valence-electron chi connectivity index (χ2n) is 7.73. The van der Waals surface area contributed by atoms with E-state index in [1.165, 1.54) is 32.5 Å². The Morgan fingerprint density at radius 1 is 1.06 bits per heavy atom. The molecule has 3 saturated heterocycles. The third-order valence-electron chi connectivity index (χ3n) is 6.00. The first-order valence-corrected chi connectivity index (χ1v) is 10.8. The molecule has 4 heterocycles. The van der Waals surface area contributed by atoms with Crippen molar-refractivity contribution in [2.45, 2.75) is 37.8 Å². The van der Waals surface area contributed by atoms with E-state index >= 15 is 0 Å². The Hall–Kier alpha value is -2.43. The SMILES string of the molecule is O=C(c1ccc[nH]1)N1CC[C@@H]2OCCN(CCN3CCCC3)[C@H]2CC1.O=CO.O=CO. The van der Waals surface area contributed by atoms with E-state index in [1.807, 2.05) is 23.2 Å². The number of amides is 1. The van der Waals surface area contributed by atoms with Crippen molar-refractivity contribution in [3.63, 3.8) is 0 Å². The molecule has 0 radical (unpaired) electrons. The van der Waals surface area contributed by atoms with Gasteiger partial charge in [0.25, 0.3) is 18.9 Å². The lowest BCUT2D eigenvalue weighted by atomic mass is 10.0. The molecular weight excluding hydrogens is 404 g/mol. The number of rotatable bonds is 4. The van der Waals surface area contributed by atoms with Crippen LogP contribution in [-0.4, -0.2) is 113 Å². The number of aromatic amines is 1. The van der Waals surface area contributed by atoms with Crippen molar-refractivity contribution >= 4 is 18.9 Å². The van der Waals surface area contributed by atoms with Gasteiger partial charge in [-0.1, -0.05) is 0 Å². The number of carbonyl (C=O) groups is 3. The third-order valence-corrected chi connectivity index (χ3v) is 6.00. The first-order valence-electron chi connectivity index (χ1n) is 10.8. The highest BCUT2D eigenvalue weighted by molar-refractivity contribution is 5.92. The lowest BCUT2D eigenvalue weighted by molar-refractivity contribution is -0.123. The number of aromatic nitrogens is 1. The second-order valence-corrected chi connectivity index (χ2v) is 7.73. The van der Waals surface area contributed by atoms with Crippen molar-refractivity contribution in [3.8, 4) is 0 Å². The normalized spacial score (nSPS) is 23.9. The summed E-state index contributed by atoms with van der Waals surface area (Å²) in [7, 11) is 0. The number of H-pyrrole nitrogens is 1. The summed E-state index contributed by atoms with van der Waals surface area (Å²) in [6.45, 7) is 7.80. The van der Waals surface area contributed by atoms with Crippen LogP contribution in [0.15, 0.2) is 18.3 Å². The molecule has 4 rings (SSSR count). The molecule has 10 heteroatoms. The molecule has 2 atom stereocenters. The van der Waals surface area contributed by atoms with Crippen molar-refractivity contribution < 1.29 is 29.3 Å². The molecule has 3 N–H and O–H groups in total. The van der Waals surface area contributed by atoms with Gasteiger partial charge >= 0.3 is 0 Å². The van der Waals surface area contributed by atoms with E-state index in [1.54, 1.807) is 0 Å². The highest BCUT2D eigenvalue weighted by Crippen LogP contribution is 2.24. The summed E-state index contributed by atoms with van der Waals surface area (Å²) in [6, 6.07) is 4.20. The molecule has 0 aliphatic carbocycles. The monoisotopic (exact) mass is 438 g/mol. The standard InChI is InChI=1S/C19H30N4O2.2CH2O2/c24-19(16-4-3-7-20-16)23-10-5-17-18(6-11-23)25-15-14-22(17)13-12-21-8-1-2-9-21;2*2-1-3/h3-4,7,17-18,20H,1-2,5-6,8-15H2;2*1H,(H,2,3)/t17-,18-;;/m0../s1. The van der Waals surface area contributed by atoms with Crippen LogP contribution in [0.4, 0.5) is 0 Å². The lowest BCUT2D eigenvalue weighted by Gasteiger charge is -2.41. The summed E-state index contributed by atoms with van der Waals surface area (Å²) in [6.07, 6.45) is 6.74. The van der Waals surface area contributed by atoms with Crippen molar-refractivity contribution in [3.05, 3.63) is 24.0 Å². The average Bonchev–Trinajstić information content (AvgIpc) is 3.44. The van der Waals surface area contributed by atoms with Crippen LogP contribution in [0.2, 0.25) is 0 Å². The Morgan fingerprint density at radius 2 is 1.74 bits per heavy atom. The molecule has 10 nitrogen and oxygen atoms in total. The van der Waals surface area contributed by atoms with Crippen LogP contribution < -0.4 is 0 Å². The molecule has 1 aromatic rings. The third kappa shape index (κ3) is 7.64. The number of carbonyl (C=O) groups excluding carboxylic acids is 1. The zero-order chi connectivity index (χ0) is 22.5. The van der Waals surface area contributed by atoms with Gasteiger partial charge in [0.05, 0.1) is 12.7 Å². The van der Waals surface area contributed by atoms with Crippen LogP contribution in [0.1, 0.15) is 36.2 Å². The Kier molecular flexibility index (Phi) is 11.0. The van der Waals surface area contributed by atoms with E-state index in [2.05, 4.69) is 14.8 Å². The van der Waals surface area contributed by atoms with Gasteiger partial charge in [-0.25, -0.2) is 0 Å². The number of ether oxygens (including phenoxy) is 1. The van der Waals surface area contributed by atoms with Gasteiger partial charge in [-0.3, -0.25) is 19.3 Å². The molecule has 0 saturated carbocycles. The lowest BCUT2D eigenvalue weighted by Crippen LogP contribution is -2.53. The topological polar surface area (TPSA) is 126 Å². The first-order chi connectivity index (χ1) is 15.1. The zero-order valence-electron chi connectivity index (χ0n) is 17.9. The summed E-state index contributed by atoms with van der Waals surface area (Å²) in [5, 5.41) is 13.8. The van der Waals surface area contributed by atoms with Crippen LogP contribution in [0.3, 0.4) is 0 Å². The predicted molar refractivity (Wildman–Crippen MR) is 114 cm³/mol. The highest BCUT2D eigenvalue weighted by atomic mass is 16.5. The molecule has 0 spiro atoms. The molecule has 31 heavy (non-hydrogen) atoms. The largest absolute Gasteiger partial charge is 0.483 e. The quantitative estimate of drug-likeness (QED) is 0.590. The smallest absolute Gasteiger partial charge is 0.290 e. The molecule has 3 fully saturated rings.